The van der Waals surface area contributed by atoms with E-state index in [-0.39, 0.29) is 0 Å². The van der Waals surface area contributed by atoms with Gasteiger partial charge in [0.2, 0.25) is 0 Å². The van der Waals surface area contributed by atoms with Crippen LogP contribution < -0.4 is 5.32 Å². The minimum absolute atomic E-state index is 1.11. The van der Waals surface area contributed by atoms with Gasteiger partial charge < -0.3 is 5.32 Å². The lowest BCUT2D eigenvalue weighted by molar-refractivity contribution is 1.43. The maximum absolute atomic E-state index is 3.48. The van der Waals surface area contributed by atoms with Gasteiger partial charge in [-0.05, 0) is 41.8 Å². The SMILES string of the molecule is Cc1ccccc1Nc1cccc(-c2ccccc2)c1. The first kappa shape index (κ1) is 12.5. The van der Waals surface area contributed by atoms with Crippen molar-refractivity contribution in [2.75, 3.05) is 5.32 Å². The lowest BCUT2D eigenvalue weighted by atomic mass is 10.1. The molecule has 0 saturated heterocycles. The summed E-state index contributed by atoms with van der Waals surface area (Å²) >= 11 is 0. The van der Waals surface area contributed by atoms with E-state index < -0.39 is 0 Å². The van der Waals surface area contributed by atoms with E-state index in [1.165, 1.54) is 16.7 Å². The molecule has 3 aromatic rings. The van der Waals surface area contributed by atoms with Crippen LogP contribution in [-0.4, -0.2) is 0 Å². The first-order chi connectivity index (χ1) is 9.83. The van der Waals surface area contributed by atoms with E-state index in [1.807, 2.05) is 6.07 Å². The average molecular weight is 259 g/mol. The lowest BCUT2D eigenvalue weighted by Crippen LogP contribution is -1.92. The largest absolute Gasteiger partial charge is 0.355 e. The average Bonchev–Trinajstić information content (AvgIpc) is 2.51. The molecule has 3 rings (SSSR count). The zero-order chi connectivity index (χ0) is 13.8. The molecule has 0 unspecified atom stereocenters. The second-order valence-electron chi connectivity index (χ2n) is 4.89. The van der Waals surface area contributed by atoms with Gasteiger partial charge in [-0.3, -0.25) is 0 Å². The molecular formula is C19H17N. The number of para-hydroxylation sites is 1. The van der Waals surface area contributed by atoms with Crippen LogP contribution in [0.1, 0.15) is 5.56 Å². The van der Waals surface area contributed by atoms with Crippen LogP contribution in [0, 0.1) is 6.92 Å². The fourth-order valence-corrected chi connectivity index (χ4v) is 2.28. The smallest absolute Gasteiger partial charge is 0.0413 e. The van der Waals surface area contributed by atoms with Gasteiger partial charge in [0.1, 0.15) is 0 Å². The number of benzene rings is 3. The number of rotatable bonds is 3. The maximum Gasteiger partial charge on any atom is 0.0413 e. The fraction of sp³-hybridized carbons (Fsp3) is 0.0526. The van der Waals surface area contributed by atoms with Crippen LogP contribution in [0.5, 0.6) is 0 Å². The zero-order valence-electron chi connectivity index (χ0n) is 11.5. The van der Waals surface area contributed by atoms with Crippen molar-refractivity contribution in [1.29, 1.82) is 0 Å². The summed E-state index contributed by atoms with van der Waals surface area (Å²) in [6.07, 6.45) is 0. The summed E-state index contributed by atoms with van der Waals surface area (Å²) < 4.78 is 0. The Morgan fingerprint density at radius 2 is 1.35 bits per heavy atom. The van der Waals surface area contributed by atoms with E-state index in [0.717, 1.165) is 11.4 Å². The van der Waals surface area contributed by atoms with Gasteiger partial charge >= 0.3 is 0 Å². The van der Waals surface area contributed by atoms with Gasteiger partial charge in [0, 0.05) is 11.4 Å². The summed E-state index contributed by atoms with van der Waals surface area (Å²) in [5.41, 5.74) is 5.97. The van der Waals surface area contributed by atoms with Crippen LogP contribution in [-0.2, 0) is 0 Å². The highest BCUT2D eigenvalue weighted by Gasteiger charge is 2.00. The minimum atomic E-state index is 1.11. The molecule has 1 N–H and O–H groups in total. The van der Waals surface area contributed by atoms with Crippen molar-refractivity contribution in [2.24, 2.45) is 0 Å². The summed E-state index contributed by atoms with van der Waals surface area (Å²) in [4.78, 5) is 0. The highest BCUT2D eigenvalue weighted by atomic mass is 14.9. The summed E-state index contributed by atoms with van der Waals surface area (Å²) in [6, 6.07) is 27.3. The summed E-state index contributed by atoms with van der Waals surface area (Å²) in [5, 5.41) is 3.48. The van der Waals surface area contributed by atoms with Gasteiger partial charge in [0.15, 0.2) is 0 Å². The van der Waals surface area contributed by atoms with Crippen molar-refractivity contribution in [1.82, 2.24) is 0 Å². The van der Waals surface area contributed by atoms with Crippen LogP contribution >= 0.6 is 0 Å². The molecule has 1 nitrogen and oxygen atoms in total. The fourth-order valence-electron chi connectivity index (χ4n) is 2.28. The second-order valence-corrected chi connectivity index (χ2v) is 4.89. The normalized spacial score (nSPS) is 10.2. The topological polar surface area (TPSA) is 12.0 Å². The third-order valence-corrected chi connectivity index (χ3v) is 3.39. The van der Waals surface area contributed by atoms with Gasteiger partial charge in [0.05, 0.1) is 0 Å². The Kier molecular flexibility index (Phi) is 3.51. The standard InChI is InChI=1S/C19H17N/c1-15-8-5-6-13-19(15)20-18-12-7-11-17(14-18)16-9-3-2-4-10-16/h2-14,20H,1H3. The maximum atomic E-state index is 3.48. The molecule has 0 saturated carbocycles. The van der Waals surface area contributed by atoms with Gasteiger partial charge in [-0.2, -0.15) is 0 Å². The molecule has 0 fully saturated rings. The Morgan fingerprint density at radius 3 is 2.15 bits per heavy atom. The van der Waals surface area contributed by atoms with E-state index in [1.54, 1.807) is 0 Å². The first-order valence-electron chi connectivity index (χ1n) is 6.81. The summed E-state index contributed by atoms with van der Waals surface area (Å²) in [5.74, 6) is 0. The van der Waals surface area contributed by atoms with Gasteiger partial charge in [-0.1, -0.05) is 60.7 Å². The Balaban J connectivity index is 1.91. The molecule has 0 radical (unpaired) electrons. The third kappa shape index (κ3) is 2.72. The monoisotopic (exact) mass is 259 g/mol. The zero-order valence-corrected chi connectivity index (χ0v) is 11.5. The van der Waals surface area contributed by atoms with Crippen molar-refractivity contribution in [2.45, 2.75) is 6.92 Å². The Hall–Kier alpha value is -2.54. The number of hydrogen-bond acceptors (Lipinski definition) is 1. The van der Waals surface area contributed by atoms with Crippen molar-refractivity contribution in [3.63, 3.8) is 0 Å². The van der Waals surface area contributed by atoms with Gasteiger partial charge in [-0.15, -0.1) is 0 Å². The van der Waals surface area contributed by atoms with E-state index >= 15 is 0 Å². The number of anilines is 2. The van der Waals surface area contributed by atoms with Crippen LogP contribution in [0.3, 0.4) is 0 Å². The van der Waals surface area contributed by atoms with Gasteiger partial charge in [0.25, 0.3) is 0 Å². The Morgan fingerprint density at radius 1 is 0.650 bits per heavy atom. The molecule has 1 heteroatoms. The third-order valence-electron chi connectivity index (χ3n) is 3.39. The van der Waals surface area contributed by atoms with E-state index in [4.69, 9.17) is 0 Å². The molecule has 0 spiro atoms. The van der Waals surface area contributed by atoms with E-state index in [0.29, 0.717) is 0 Å². The molecule has 0 heterocycles. The molecule has 20 heavy (non-hydrogen) atoms. The number of nitrogens with one attached hydrogen (secondary N) is 1. The quantitative estimate of drug-likeness (QED) is 0.663. The lowest BCUT2D eigenvalue weighted by Gasteiger charge is -2.11. The van der Waals surface area contributed by atoms with Crippen molar-refractivity contribution < 1.29 is 0 Å². The van der Waals surface area contributed by atoms with Crippen molar-refractivity contribution in [3.8, 4) is 11.1 Å². The van der Waals surface area contributed by atoms with Crippen LogP contribution in [0.15, 0.2) is 78.9 Å². The molecule has 0 amide bonds. The summed E-state index contributed by atoms with van der Waals surface area (Å²) in [7, 11) is 0. The first-order valence-corrected chi connectivity index (χ1v) is 6.81. The van der Waals surface area contributed by atoms with Crippen LogP contribution in [0.2, 0.25) is 0 Å². The molecular weight excluding hydrogens is 242 g/mol. The highest BCUT2D eigenvalue weighted by molar-refractivity contribution is 5.71. The number of hydrogen-bond donors (Lipinski definition) is 1. The molecule has 0 bridgehead atoms. The van der Waals surface area contributed by atoms with Crippen molar-refractivity contribution in [3.05, 3.63) is 84.4 Å². The molecule has 0 aliphatic heterocycles. The van der Waals surface area contributed by atoms with Crippen LogP contribution in [0.25, 0.3) is 11.1 Å². The molecule has 0 atom stereocenters. The van der Waals surface area contributed by atoms with Gasteiger partial charge in [-0.25, -0.2) is 0 Å². The van der Waals surface area contributed by atoms with Crippen molar-refractivity contribution >= 4 is 11.4 Å². The molecule has 3 aromatic carbocycles. The number of aryl methyl sites for hydroxylation is 1. The highest BCUT2D eigenvalue weighted by Crippen LogP contribution is 2.25. The molecule has 0 aliphatic carbocycles. The van der Waals surface area contributed by atoms with E-state index in [9.17, 15) is 0 Å². The second kappa shape index (κ2) is 5.62. The Bertz CT molecular complexity index is 702. The molecule has 0 aromatic heterocycles. The summed E-state index contributed by atoms with van der Waals surface area (Å²) in [6.45, 7) is 2.11. The van der Waals surface area contributed by atoms with E-state index in [2.05, 4.69) is 85.0 Å². The predicted octanol–water partition coefficient (Wildman–Crippen LogP) is 5.41. The molecule has 98 valence electrons. The predicted molar refractivity (Wildman–Crippen MR) is 86.3 cm³/mol. The molecule has 0 aliphatic rings. The van der Waals surface area contributed by atoms with Crippen LogP contribution in [0.4, 0.5) is 11.4 Å². The minimum Gasteiger partial charge on any atom is -0.355 e. The Labute approximate surface area is 119 Å².